The van der Waals surface area contributed by atoms with E-state index in [2.05, 4.69) is 5.32 Å². The topological polar surface area (TPSA) is 38.3 Å². The number of ether oxygens (including phenoxy) is 1. The van der Waals surface area contributed by atoms with Crippen molar-refractivity contribution in [3.8, 4) is 0 Å². The van der Waals surface area contributed by atoms with Crippen LogP contribution in [0.15, 0.2) is 0 Å². The van der Waals surface area contributed by atoms with Crippen molar-refractivity contribution in [2.75, 3.05) is 13.7 Å². The number of fused-ring (bicyclic) bond motifs is 1. The van der Waals surface area contributed by atoms with Crippen molar-refractivity contribution >= 4 is 5.78 Å². The third-order valence-corrected chi connectivity index (χ3v) is 4.73. The molecule has 1 saturated heterocycles. The number of ketones is 1. The summed E-state index contributed by atoms with van der Waals surface area (Å²) >= 11 is 0. The number of hydrogen-bond donors (Lipinski definition) is 1. The zero-order chi connectivity index (χ0) is 13.0. The van der Waals surface area contributed by atoms with Crippen molar-refractivity contribution in [3.63, 3.8) is 0 Å². The Hall–Kier alpha value is -0.410. The van der Waals surface area contributed by atoms with Crippen LogP contribution in [0.5, 0.6) is 0 Å². The second kappa shape index (κ2) is 6.67. The first-order valence-electron chi connectivity index (χ1n) is 7.51. The Labute approximate surface area is 111 Å². The summed E-state index contributed by atoms with van der Waals surface area (Å²) in [7, 11) is 1.70. The molecular weight excluding hydrogens is 226 g/mol. The van der Waals surface area contributed by atoms with Crippen LogP contribution in [0.3, 0.4) is 0 Å². The number of piperidine rings is 1. The van der Waals surface area contributed by atoms with E-state index in [0.29, 0.717) is 18.4 Å². The van der Waals surface area contributed by atoms with Gasteiger partial charge in [0.2, 0.25) is 0 Å². The third kappa shape index (κ3) is 3.33. The minimum atomic E-state index is 0.108. The molecule has 0 radical (unpaired) electrons. The number of Topliss-reactive ketones (excluding diaryl/α,β-unsaturated/α-hetero) is 1. The molecular formula is C15H27NO2. The predicted octanol–water partition coefficient (Wildman–Crippen LogP) is 2.54. The maximum atomic E-state index is 12.4. The Balaban J connectivity index is 1.84. The molecule has 2 fully saturated rings. The lowest BCUT2D eigenvalue weighted by molar-refractivity contribution is -0.126. The van der Waals surface area contributed by atoms with Crippen LogP contribution in [0, 0.1) is 11.8 Å². The van der Waals surface area contributed by atoms with Crippen LogP contribution in [0.1, 0.15) is 51.9 Å². The van der Waals surface area contributed by atoms with Gasteiger partial charge in [0.1, 0.15) is 0 Å². The standard InChI is InChI=1S/C15H27NO2/c1-11(9-10-18-2)15(17)14-8-7-12-5-3-4-6-13(12)16-14/h11-14,16H,3-10H2,1-2H3. The van der Waals surface area contributed by atoms with Crippen molar-refractivity contribution in [2.45, 2.75) is 64.0 Å². The van der Waals surface area contributed by atoms with E-state index in [0.717, 1.165) is 18.8 Å². The third-order valence-electron chi connectivity index (χ3n) is 4.73. The molecule has 1 heterocycles. The fourth-order valence-corrected chi connectivity index (χ4v) is 3.50. The lowest BCUT2D eigenvalue weighted by atomic mass is 9.76. The predicted molar refractivity (Wildman–Crippen MR) is 72.6 cm³/mol. The number of carbonyl (C=O) groups excluding carboxylic acids is 1. The normalized spacial score (nSPS) is 33.8. The van der Waals surface area contributed by atoms with Gasteiger partial charge < -0.3 is 10.1 Å². The molecule has 2 aliphatic rings. The minimum absolute atomic E-state index is 0.108. The van der Waals surface area contributed by atoms with Gasteiger partial charge in [0.25, 0.3) is 0 Å². The largest absolute Gasteiger partial charge is 0.385 e. The molecule has 1 aliphatic carbocycles. The molecule has 1 N–H and O–H groups in total. The van der Waals surface area contributed by atoms with Crippen LogP contribution in [0.2, 0.25) is 0 Å². The average Bonchev–Trinajstić information content (AvgIpc) is 2.43. The second-order valence-electron chi connectivity index (χ2n) is 6.03. The van der Waals surface area contributed by atoms with Crippen molar-refractivity contribution in [1.29, 1.82) is 0 Å². The summed E-state index contributed by atoms with van der Waals surface area (Å²) < 4.78 is 5.06. The summed E-state index contributed by atoms with van der Waals surface area (Å²) in [5.41, 5.74) is 0. The van der Waals surface area contributed by atoms with Gasteiger partial charge in [-0.1, -0.05) is 19.8 Å². The molecule has 0 amide bonds. The van der Waals surface area contributed by atoms with E-state index in [9.17, 15) is 4.79 Å². The molecule has 0 spiro atoms. The first-order valence-corrected chi connectivity index (χ1v) is 7.51. The number of hydrogen-bond acceptors (Lipinski definition) is 3. The van der Waals surface area contributed by atoms with Gasteiger partial charge in [-0.05, 0) is 38.0 Å². The zero-order valence-corrected chi connectivity index (χ0v) is 11.8. The maximum Gasteiger partial charge on any atom is 0.152 e. The summed E-state index contributed by atoms with van der Waals surface area (Å²) in [6.45, 7) is 2.72. The van der Waals surface area contributed by atoms with Crippen LogP contribution in [0.4, 0.5) is 0 Å². The number of nitrogens with one attached hydrogen (secondary N) is 1. The van der Waals surface area contributed by atoms with Crippen LogP contribution in [-0.4, -0.2) is 31.6 Å². The highest BCUT2D eigenvalue weighted by atomic mass is 16.5. The first-order chi connectivity index (χ1) is 8.72. The quantitative estimate of drug-likeness (QED) is 0.818. The fraction of sp³-hybridized carbons (Fsp3) is 0.933. The Morgan fingerprint density at radius 2 is 2.06 bits per heavy atom. The Kier molecular flexibility index (Phi) is 5.19. The summed E-state index contributed by atoms with van der Waals surface area (Å²) in [6, 6.07) is 0.715. The highest BCUT2D eigenvalue weighted by Gasteiger charge is 2.35. The van der Waals surface area contributed by atoms with E-state index >= 15 is 0 Å². The van der Waals surface area contributed by atoms with Crippen molar-refractivity contribution in [1.82, 2.24) is 5.32 Å². The number of carbonyl (C=O) groups is 1. The highest BCUT2D eigenvalue weighted by molar-refractivity contribution is 5.86. The van der Waals surface area contributed by atoms with E-state index in [4.69, 9.17) is 4.74 Å². The van der Waals surface area contributed by atoms with E-state index in [-0.39, 0.29) is 12.0 Å². The fourth-order valence-electron chi connectivity index (χ4n) is 3.50. The highest BCUT2D eigenvalue weighted by Crippen LogP contribution is 2.32. The van der Waals surface area contributed by atoms with Crippen molar-refractivity contribution < 1.29 is 9.53 Å². The first kappa shape index (κ1) is 14.0. The van der Waals surface area contributed by atoms with Crippen LogP contribution in [0.25, 0.3) is 0 Å². The van der Waals surface area contributed by atoms with Gasteiger partial charge in [0, 0.05) is 25.7 Å². The Bertz CT molecular complexity index is 280. The second-order valence-corrected chi connectivity index (χ2v) is 6.03. The molecule has 0 aromatic heterocycles. The Morgan fingerprint density at radius 3 is 2.83 bits per heavy atom. The molecule has 18 heavy (non-hydrogen) atoms. The van der Waals surface area contributed by atoms with E-state index in [1.165, 1.54) is 32.1 Å². The molecule has 3 heteroatoms. The lowest BCUT2D eigenvalue weighted by Gasteiger charge is -2.40. The zero-order valence-electron chi connectivity index (χ0n) is 11.8. The SMILES string of the molecule is COCCC(C)C(=O)C1CCC2CCCCC2N1. The van der Waals surface area contributed by atoms with Crippen LogP contribution in [-0.2, 0) is 9.53 Å². The van der Waals surface area contributed by atoms with E-state index in [1.54, 1.807) is 7.11 Å². The summed E-state index contributed by atoms with van der Waals surface area (Å²) in [5.74, 6) is 1.36. The smallest absolute Gasteiger partial charge is 0.152 e. The molecule has 0 aromatic rings. The van der Waals surface area contributed by atoms with Crippen molar-refractivity contribution in [2.24, 2.45) is 11.8 Å². The molecule has 0 aromatic carbocycles. The van der Waals surface area contributed by atoms with Gasteiger partial charge in [0.05, 0.1) is 6.04 Å². The summed E-state index contributed by atoms with van der Waals surface area (Å²) in [5, 5.41) is 3.62. The van der Waals surface area contributed by atoms with E-state index < -0.39 is 0 Å². The Morgan fingerprint density at radius 1 is 1.28 bits per heavy atom. The molecule has 104 valence electrons. The molecule has 2 rings (SSSR count). The molecule has 1 saturated carbocycles. The molecule has 0 bridgehead atoms. The monoisotopic (exact) mass is 253 g/mol. The van der Waals surface area contributed by atoms with Crippen LogP contribution < -0.4 is 5.32 Å². The molecule has 4 unspecified atom stereocenters. The van der Waals surface area contributed by atoms with Gasteiger partial charge in [-0.3, -0.25) is 4.79 Å². The van der Waals surface area contributed by atoms with Gasteiger partial charge in [-0.15, -0.1) is 0 Å². The lowest BCUT2D eigenvalue weighted by Crippen LogP contribution is -2.53. The number of rotatable bonds is 5. The molecule has 1 aliphatic heterocycles. The van der Waals surface area contributed by atoms with Gasteiger partial charge in [-0.25, -0.2) is 0 Å². The number of methoxy groups -OCH3 is 1. The molecule has 3 nitrogen and oxygen atoms in total. The maximum absolute atomic E-state index is 12.4. The van der Waals surface area contributed by atoms with Gasteiger partial charge in [0.15, 0.2) is 5.78 Å². The van der Waals surface area contributed by atoms with Crippen LogP contribution >= 0.6 is 0 Å². The van der Waals surface area contributed by atoms with Crippen molar-refractivity contribution in [3.05, 3.63) is 0 Å². The van der Waals surface area contributed by atoms with Gasteiger partial charge in [-0.2, -0.15) is 0 Å². The molecule has 4 atom stereocenters. The summed E-state index contributed by atoms with van der Waals surface area (Å²) in [4.78, 5) is 12.4. The van der Waals surface area contributed by atoms with E-state index in [1.807, 2.05) is 6.92 Å². The minimum Gasteiger partial charge on any atom is -0.385 e. The summed E-state index contributed by atoms with van der Waals surface area (Å²) in [6.07, 6.45) is 8.46. The van der Waals surface area contributed by atoms with Gasteiger partial charge >= 0.3 is 0 Å². The average molecular weight is 253 g/mol.